The van der Waals surface area contributed by atoms with E-state index < -0.39 is 6.67 Å². The van der Waals surface area contributed by atoms with Gasteiger partial charge in [-0.15, -0.1) is 0 Å². The zero-order chi connectivity index (χ0) is 17.6. The molecule has 1 atom stereocenters. The van der Waals surface area contributed by atoms with Crippen molar-refractivity contribution >= 4 is 28.4 Å². The van der Waals surface area contributed by atoms with Crippen molar-refractivity contribution in [3.63, 3.8) is 0 Å². The molecule has 1 aliphatic heterocycles. The minimum absolute atomic E-state index is 0.0854. The maximum Gasteiger partial charge on any atom is 0.274 e. The van der Waals surface area contributed by atoms with E-state index in [2.05, 4.69) is 9.97 Å². The second-order valence-electron chi connectivity index (χ2n) is 6.21. The summed E-state index contributed by atoms with van der Waals surface area (Å²) >= 11 is 0. The Morgan fingerprint density at radius 3 is 3.00 bits per heavy atom. The number of halogens is 1. The van der Waals surface area contributed by atoms with Crippen LogP contribution in [0.2, 0.25) is 0 Å². The molecule has 0 unspecified atom stereocenters. The van der Waals surface area contributed by atoms with Crippen LogP contribution < -0.4 is 10.5 Å². The van der Waals surface area contributed by atoms with Crippen LogP contribution in [0.4, 0.5) is 10.3 Å². The van der Waals surface area contributed by atoms with Gasteiger partial charge < -0.3 is 15.4 Å². The highest BCUT2D eigenvalue weighted by molar-refractivity contribution is 5.99. The van der Waals surface area contributed by atoms with E-state index in [9.17, 15) is 9.18 Å². The lowest BCUT2D eigenvalue weighted by Gasteiger charge is -2.13. The molecule has 1 fully saturated rings. The molecule has 130 valence electrons. The Kier molecular flexibility index (Phi) is 3.67. The highest BCUT2D eigenvalue weighted by Gasteiger charge is 2.28. The van der Waals surface area contributed by atoms with E-state index in [0.717, 1.165) is 5.39 Å². The van der Waals surface area contributed by atoms with Crippen LogP contribution in [0, 0.1) is 5.92 Å². The van der Waals surface area contributed by atoms with Gasteiger partial charge in [0.2, 0.25) is 5.95 Å². The van der Waals surface area contributed by atoms with E-state index in [1.807, 2.05) is 12.1 Å². The molecule has 0 saturated carbocycles. The standard InChI is InChI=1S/C17H18FN5O2/c1-25-13-4-2-3-11-14(13)21-17(19)23-9-12(20-15(11)23)16(24)22-6-5-10(7-18)8-22/h2-4,9-10H,5-8H2,1H3,(H2,19,21)/t10-/m1/s1. The Morgan fingerprint density at radius 2 is 2.28 bits per heavy atom. The van der Waals surface area contributed by atoms with Crippen molar-refractivity contribution in [2.24, 2.45) is 5.92 Å². The number of nitrogen functional groups attached to an aromatic ring is 1. The third kappa shape index (κ3) is 2.45. The molecule has 0 spiro atoms. The molecule has 1 aliphatic rings. The Labute approximate surface area is 143 Å². The first-order valence-corrected chi connectivity index (χ1v) is 8.09. The van der Waals surface area contributed by atoms with E-state index in [4.69, 9.17) is 10.5 Å². The normalized spacial score (nSPS) is 17.5. The summed E-state index contributed by atoms with van der Waals surface area (Å²) in [7, 11) is 1.56. The molecule has 3 heterocycles. The van der Waals surface area contributed by atoms with Crippen LogP contribution in [0.25, 0.3) is 16.6 Å². The van der Waals surface area contributed by atoms with Crippen molar-refractivity contribution in [1.29, 1.82) is 0 Å². The number of likely N-dealkylation sites (tertiary alicyclic amines) is 1. The third-order valence-corrected chi connectivity index (χ3v) is 4.65. The molecule has 0 aliphatic carbocycles. The lowest BCUT2D eigenvalue weighted by molar-refractivity contribution is 0.0780. The topological polar surface area (TPSA) is 85.8 Å². The van der Waals surface area contributed by atoms with E-state index >= 15 is 0 Å². The third-order valence-electron chi connectivity index (χ3n) is 4.65. The Hall–Kier alpha value is -2.90. The maximum atomic E-state index is 12.8. The van der Waals surface area contributed by atoms with Crippen molar-refractivity contribution in [3.05, 3.63) is 30.1 Å². The molecule has 25 heavy (non-hydrogen) atoms. The number of ether oxygens (including phenoxy) is 1. The van der Waals surface area contributed by atoms with Gasteiger partial charge >= 0.3 is 0 Å². The van der Waals surface area contributed by atoms with Crippen LogP contribution >= 0.6 is 0 Å². The molecule has 8 heteroatoms. The summed E-state index contributed by atoms with van der Waals surface area (Å²) in [5.41, 5.74) is 7.46. The van der Waals surface area contributed by atoms with Crippen LogP contribution in [-0.2, 0) is 0 Å². The molecule has 0 bridgehead atoms. The Bertz CT molecular complexity index is 970. The number of methoxy groups -OCH3 is 1. The van der Waals surface area contributed by atoms with E-state index in [0.29, 0.717) is 36.4 Å². The number of hydrogen-bond donors (Lipinski definition) is 1. The van der Waals surface area contributed by atoms with Gasteiger partial charge in [0.25, 0.3) is 5.91 Å². The van der Waals surface area contributed by atoms with Gasteiger partial charge in [-0.05, 0) is 18.6 Å². The fourth-order valence-corrected chi connectivity index (χ4v) is 3.30. The maximum absolute atomic E-state index is 12.8. The number of fused-ring (bicyclic) bond motifs is 3. The number of carbonyl (C=O) groups is 1. The predicted octanol–water partition coefficient (Wildman–Crippen LogP) is 1.90. The van der Waals surface area contributed by atoms with Gasteiger partial charge in [-0.25, -0.2) is 9.97 Å². The summed E-state index contributed by atoms with van der Waals surface area (Å²) < 4.78 is 19.7. The molecule has 0 radical (unpaired) electrons. The molecule has 3 aromatic rings. The summed E-state index contributed by atoms with van der Waals surface area (Å²) in [5.74, 6) is 0.516. The zero-order valence-corrected chi connectivity index (χ0v) is 13.8. The van der Waals surface area contributed by atoms with Crippen LogP contribution in [0.5, 0.6) is 5.75 Å². The number of imidazole rings is 1. The monoisotopic (exact) mass is 343 g/mol. The van der Waals surface area contributed by atoms with Crippen molar-refractivity contribution in [1.82, 2.24) is 19.3 Å². The van der Waals surface area contributed by atoms with Crippen LogP contribution in [0.3, 0.4) is 0 Å². The van der Waals surface area contributed by atoms with E-state index in [1.54, 1.807) is 28.7 Å². The van der Waals surface area contributed by atoms with Gasteiger partial charge in [0, 0.05) is 30.6 Å². The second-order valence-corrected chi connectivity index (χ2v) is 6.21. The number of para-hydroxylation sites is 1. The molecular weight excluding hydrogens is 325 g/mol. The predicted molar refractivity (Wildman–Crippen MR) is 91.4 cm³/mol. The number of nitrogens with zero attached hydrogens (tertiary/aromatic N) is 4. The molecular formula is C17H18FN5O2. The number of alkyl halides is 1. The van der Waals surface area contributed by atoms with E-state index in [1.165, 1.54) is 0 Å². The molecule has 2 aromatic heterocycles. The summed E-state index contributed by atoms with van der Waals surface area (Å²) in [6.07, 6.45) is 2.27. The molecule has 2 N–H and O–H groups in total. The van der Waals surface area contributed by atoms with Crippen LogP contribution in [0.15, 0.2) is 24.4 Å². The van der Waals surface area contributed by atoms with Gasteiger partial charge in [0.15, 0.2) is 0 Å². The average molecular weight is 343 g/mol. The number of aromatic nitrogens is 3. The molecule has 1 aromatic carbocycles. The fraction of sp³-hybridized carbons (Fsp3) is 0.353. The smallest absolute Gasteiger partial charge is 0.274 e. The number of carbonyl (C=O) groups excluding carboxylic acids is 1. The summed E-state index contributed by atoms with van der Waals surface area (Å²) in [5, 5.41) is 0.746. The van der Waals surface area contributed by atoms with Crippen LogP contribution in [0.1, 0.15) is 16.9 Å². The Morgan fingerprint density at radius 1 is 1.44 bits per heavy atom. The lowest BCUT2D eigenvalue weighted by atomic mass is 10.1. The van der Waals surface area contributed by atoms with Crippen LogP contribution in [-0.4, -0.2) is 52.0 Å². The van der Waals surface area contributed by atoms with Crippen molar-refractivity contribution in [3.8, 4) is 5.75 Å². The fourth-order valence-electron chi connectivity index (χ4n) is 3.30. The summed E-state index contributed by atoms with van der Waals surface area (Å²) in [4.78, 5) is 23.2. The minimum Gasteiger partial charge on any atom is -0.494 e. The first kappa shape index (κ1) is 15.6. The lowest BCUT2D eigenvalue weighted by Crippen LogP contribution is -2.29. The highest BCUT2D eigenvalue weighted by Crippen LogP contribution is 2.28. The highest BCUT2D eigenvalue weighted by atomic mass is 19.1. The number of benzene rings is 1. The SMILES string of the molecule is COc1cccc2c1nc(N)n1cc(C(=O)N3CC[C@H](CF)C3)nc21. The largest absolute Gasteiger partial charge is 0.494 e. The number of hydrogen-bond acceptors (Lipinski definition) is 5. The number of amides is 1. The molecule has 1 amide bonds. The second kappa shape index (κ2) is 5.87. The molecule has 1 saturated heterocycles. The first-order valence-electron chi connectivity index (χ1n) is 8.09. The van der Waals surface area contributed by atoms with Gasteiger partial charge in [-0.2, -0.15) is 0 Å². The van der Waals surface area contributed by atoms with E-state index in [-0.39, 0.29) is 23.5 Å². The van der Waals surface area contributed by atoms with Gasteiger partial charge in [0.1, 0.15) is 22.6 Å². The van der Waals surface area contributed by atoms with Gasteiger partial charge in [0.05, 0.1) is 13.8 Å². The van der Waals surface area contributed by atoms with Crippen molar-refractivity contribution < 1.29 is 13.9 Å². The minimum atomic E-state index is -0.407. The zero-order valence-electron chi connectivity index (χ0n) is 13.8. The van der Waals surface area contributed by atoms with Crippen molar-refractivity contribution in [2.75, 3.05) is 32.6 Å². The number of nitrogens with two attached hydrogens (primary N) is 1. The average Bonchev–Trinajstić information content (AvgIpc) is 3.28. The van der Waals surface area contributed by atoms with Gasteiger partial charge in [-0.3, -0.25) is 13.6 Å². The Balaban J connectivity index is 1.81. The first-order chi connectivity index (χ1) is 12.1. The summed E-state index contributed by atoms with van der Waals surface area (Å²) in [6, 6.07) is 5.49. The van der Waals surface area contributed by atoms with Gasteiger partial charge in [-0.1, -0.05) is 6.07 Å². The van der Waals surface area contributed by atoms with Crippen molar-refractivity contribution in [2.45, 2.75) is 6.42 Å². The number of anilines is 1. The molecule has 7 nitrogen and oxygen atoms in total. The number of rotatable bonds is 3. The molecule has 4 rings (SSSR count). The summed E-state index contributed by atoms with van der Waals surface area (Å²) in [6.45, 7) is 0.561. The quantitative estimate of drug-likeness (QED) is 0.785.